The average molecular weight is 357 g/mol. The van der Waals surface area contributed by atoms with Gasteiger partial charge in [-0.15, -0.1) is 0 Å². The van der Waals surface area contributed by atoms with Crippen LogP contribution in [0.15, 0.2) is 0 Å². The molecule has 0 aliphatic carbocycles. The van der Waals surface area contributed by atoms with Crippen LogP contribution in [0.4, 0.5) is 26.7 Å². The number of hydrogen-bond donors (Lipinski definition) is 1. The number of ether oxygens (including phenoxy) is 1. The van der Waals surface area contributed by atoms with Crippen LogP contribution in [-0.2, 0) is 4.43 Å². The van der Waals surface area contributed by atoms with E-state index in [0.29, 0.717) is 12.5 Å². The van der Waals surface area contributed by atoms with Crippen molar-refractivity contribution in [3.63, 3.8) is 0 Å². The summed E-state index contributed by atoms with van der Waals surface area (Å²) in [6.45, 7) is 4.02. The number of carbonyl (C=O) groups is 1. The van der Waals surface area contributed by atoms with Crippen LogP contribution in [0.25, 0.3) is 0 Å². The zero-order valence-electron chi connectivity index (χ0n) is 12.7. The number of halogens is 5. The van der Waals surface area contributed by atoms with Gasteiger partial charge in [-0.2, -0.15) is 8.78 Å². The lowest BCUT2D eigenvalue weighted by molar-refractivity contribution is 0.193. The minimum atomic E-state index is -2.32. The first kappa shape index (κ1) is 19.4. The van der Waals surface area contributed by atoms with E-state index in [0.717, 1.165) is 0 Å². The summed E-state index contributed by atoms with van der Waals surface area (Å²) in [5.41, 5.74) is 0. The highest BCUT2D eigenvalue weighted by atomic mass is 28.4. The van der Waals surface area contributed by atoms with Crippen LogP contribution in [0.1, 0.15) is 6.42 Å². The molecule has 1 N–H and O–H groups in total. The zero-order chi connectivity index (χ0) is 17.8. The monoisotopic (exact) mass is 357 g/mol. The summed E-state index contributed by atoms with van der Waals surface area (Å²) in [5, 5.41) is 2.17. The first-order valence-electron chi connectivity index (χ1n) is 6.63. The third-order valence-electron chi connectivity index (χ3n) is 3.14. The van der Waals surface area contributed by atoms with E-state index in [1.807, 2.05) is 13.1 Å². The third-order valence-corrected chi connectivity index (χ3v) is 5.80. The zero-order valence-corrected chi connectivity index (χ0v) is 13.7. The maximum atomic E-state index is 13.3. The second-order valence-corrected chi connectivity index (χ2v) is 9.71. The van der Waals surface area contributed by atoms with Gasteiger partial charge in [0.25, 0.3) is 0 Å². The minimum Gasteiger partial charge on any atom is -0.420 e. The second-order valence-electron chi connectivity index (χ2n) is 5.28. The van der Waals surface area contributed by atoms with E-state index in [1.165, 1.54) is 0 Å². The molecule has 0 aliphatic heterocycles. The van der Waals surface area contributed by atoms with Crippen LogP contribution in [0.2, 0.25) is 19.1 Å². The first-order valence-corrected chi connectivity index (χ1v) is 9.74. The molecule has 0 bridgehead atoms. The molecule has 0 saturated carbocycles. The molecule has 130 valence electrons. The number of amides is 1. The number of nitrogens with one attached hydrogen (secondary N) is 1. The molecule has 0 saturated heterocycles. The van der Waals surface area contributed by atoms with Crippen molar-refractivity contribution in [3.8, 4) is 5.75 Å². The van der Waals surface area contributed by atoms with Crippen molar-refractivity contribution in [2.75, 3.05) is 13.7 Å². The van der Waals surface area contributed by atoms with Crippen molar-refractivity contribution >= 4 is 14.4 Å². The van der Waals surface area contributed by atoms with Gasteiger partial charge in [0.1, 0.15) is 0 Å². The van der Waals surface area contributed by atoms with Crippen LogP contribution in [0.5, 0.6) is 5.75 Å². The van der Waals surface area contributed by atoms with Crippen LogP contribution in [-0.4, -0.2) is 28.1 Å². The Morgan fingerprint density at radius 2 is 1.48 bits per heavy atom. The lowest BCUT2D eigenvalue weighted by atomic mass is 10.2. The highest BCUT2D eigenvalue weighted by Crippen LogP contribution is 2.29. The fraction of sp³-hybridized carbons (Fsp3) is 0.462. The molecule has 10 heteroatoms. The molecular formula is C13H16F5NO3Si. The van der Waals surface area contributed by atoms with Gasteiger partial charge >= 0.3 is 6.09 Å². The molecule has 4 nitrogen and oxygen atoms in total. The number of rotatable bonds is 6. The summed E-state index contributed by atoms with van der Waals surface area (Å²) < 4.78 is 74.8. The first-order chi connectivity index (χ1) is 10.6. The van der Waals surface area contributed by atoms with E-state index < -0.39 is 49.2 Å². The lowest BCUT2D eigenvalue weighted by Crippen LogP contribution is -2.32. The predicted molar refractivity (Wildman–Crippen MR) is 74.2 cm³/mol. The van der Waals surface area contributed by atoms with Gasteiger partial charge in [0, 0.05) is 13.7 Å². The van der Waals surface area contributed by atoms with Gasteiger partial charge < -0.3 is 14.5 Å². The van der Waals surface area contributed by atoms with E-state index in [2.05, 4.69) is 10.1 Å². The van der Waals surface area contributed by atoms with Gasteiger partial charge in [-0.3, -0.25) is 0 Å². The highest BCUT2D eigenvalue weighted by molar-refractivity contribution is 6.71. The van der Waals surface area contributed by atoms with Gasteiger partial charge in [-0.25, -0.2) is 18.0 Å². The molecule has 1 aromatic rings. The summed E-state index contributed by atoms with van der Waals surface area (Å²) in [7, 11) is -0.235. The molecule has 0 atom stereocenters. The Bertz CT molecular complexity index is 568. The maximum Gasteiger partial charge on any atom is 0.412 e. The van der Waals surface area contributed by atoms with E-state index in [9.17, 15) is 26.7 Å². The molecule has 0 fully saturated rings. The van der Waals surface area contributed by atoms with Crippen LogP contribution < -0.4 is 10.1 Å². The Hall–Kier alpha value is -1.68. The molecule has 0 unspecified atom stereocenters. The Morgan fingerprint density at radius 1 is 1.00 bits per heavy atom. The summed E-state index contributed by atoms with van der Waals surface area (Å²) in [4.78, 5) is 11.4. The molecule has 0 aromatic heterocycles. The van der Waals surface area contributed by atoms with Crippen LogP contribution in [0.3, 0.4) is 0 Å². The fourth-order valence-electron chi connectivity index (χ4n) is 1.61. The number of hydrogen-bond acceptors (Lipinski definition) is 3. The van der Waals surface area contributed by atoms with E-state index in [1.54, 1.807) is 7.11 Å². The standard InChI is InChI=1S/C13H16F5NO3Si/c1-21-23(2,3)6-4-5-19-13(20)22-12-10(17)8(15)7(14)9(16)11(12)18/h4-6H2,1-3H3,(H,19,20). The molecule has 1 amide bonds. The third kappa shape index (κ3) is 4.89. The summed E-state index contributed by atoms with van der Waals surface area (Å²) >= 11 is 0. The van der Waals surface area contributed by atoms with Gasteiger partial charge in [0.2, 0.25) is 34.8 Å². The van der Waals surface area contributed by atoms with Gasteiger partial charge in [0.15, 0.2) is 8.32 Å². The Morgan fingerprint density at radius 3 is 1.96 bits per heavy atom. The number of benzene rings is 1. The van der Waals surface area contributed by atoms with Crippen LogP contribution >= 0.6 is 0 Å². The van der Waals surface area contributed by atoms with E-state index >= 15 is 0 Å². The van der Waals surface area contributed by atoms with E-state index in [-0.39, 0.29) is 6.54 Å². The normalized spacial score (nSPS) is 11.5. The van der Waals surface area contributed by atoms with Gasteiger partial charge in [-0.05, 0) is 25.6 Å². The summed E-state index contributed by atoms with van der Waals surface area (Å²) in [5.74, 6) is -12.7. The van der Waals surface area contributed by atoms with E-state index in [4.69, 9.17) is 4.43 Å². The lowest BCUT2D eigenvalue weighted by Gasteiger charge is -2.19. The minimum absolute atomic E-state index is 0.105. The predicted octanol–water partition coefficient (Wildman–Crippen LogP) is 3.71. The fourth-order valence-corrected chi connectivity index (χ4v) is 2.84. The largest absolute Gasteiger partial charge is 0.420 e. The molecule has 1 aromatic carbocycles. The van der Waals surface area contributed by atoms with Gasteiger partial charge in [-0.1, -0.05) is 0 Å². The summed E-state index contributed by atoms with van der Waals surface area (Å²) in [6.07, 6.45) is -0.802. The van der Waals surface area contributed by atoms with Crippen molar-refractivity contribution in [2.24, 2.45) is 0 Å². The smallest absolute Gasteiger partial charge is 0.412 e. The molecule has 1 rings (SSSR count). The van der Waals surface area contributed by atoms with Crippen molar-refractivity contribution < 1.29 is 35.9 Å². The van der Waals surface area contributed by atoms with Crippen molar-refractivity contribution in [1.82, 2.24) is 5.32 Å². The van der Waals surface area contributed by atoms with Crippen LogP contribution in [0, 0.1) is 29.1 Å². The SMILES string of the molecule is CO[Si](C)(C)CCCNC(=O)Oc1c(F)c(F)c(F)c(F)c1F. The average Bonchev–Trinajstić information content (AvgIpc) is 2.52. The second kappa shape index (κ2) is 7.73. The molecule has 0 aliphatic rings. The Labute approximate surface area is 130 Å². The Kier molecular flexibility index (Phi) is 6.51. The van der Waals surface area contributed by atoms with Crippen molar-refractivity contribution in [3.05, 3.63) is 29.1 Å². The molecule has 23 heavy (non-hydrogen) atoms. The topological polar surface area (TPSA) is 47.6 Å². The van der Waals surface area contributed by atoms with Crippen molar-refractivity contribution in [1.29, 1.82) is 0 Å². The molecule has 0 radical (unpaired) electrons. The summed E-state index contributed by atoms with van der Waals surface area (Å²) in [6, 6.07) is 0.701. The van der Waals surface area contributed by atoms with Crippen molar-refractivity contribution in [2.45, 2.75) is 25.6 Å². The van der Waals surface area contributed by atoms with Gasteiger partial charge in [0.05, 0.1) is 0 Å². The molecule has 0 heterocycles. The molecule has 0 spiro atoms. The number of carbonyl (C=O) groups excluding carboxylic acids is 1. The quantitative estimate of drug-likeness (QED) is 0.278. The highest BCUT2D eigenvalue weighted by Gasteiger charge is 2.28. The Balaban J connectivity index is 2.66. The maximum absolute atomic E-state index is 13.3. The molecular weight excluding hydrogens is 341 g/mol.